The molecule has 0 atom stereocenters. The first-order chi connectivity index (χ1) is 12.7. The zero-order valence-corrected chi connectivity index (χ0v) is 15.3. The number of hydrogen-bond donors (Lipinski definition) is 1. The molecule has 0 fully saturated rings. The average molecular weight is 371 g/mol. The molecule has 0 radical (unpaired) electrons. The van der Waals surface area contributed by atoms with E-state index >= 15 is 0 Å². The molecule has 0 aliphatic rings. The van der Waals surface area contributed by atoms with Gasteiger partial charge in [-0.25, -0.2) is 5.10 Å². The predicted octanol–water partition coefficient (Wildman–Crippen LogP) is 2.91. The van der Waals surface area contributed by atoms with Crippen LogP contribution in [0.5, 0.6) is 17.2 Å². The van der Waals surface area contributed by atoms with Gasteiger partial charge in [0.15, 0.2) is 17.3 Å². The van der Waals surface area contributed by atoms with Crippen LogP contribution >= 0.6 is 12.2 Å². The summed E-state index contributed by atoms with van der Waals surface area (Å²) in [6.07, 6.45) is 4.99. The second kappa shape index (κ2) is 7.79. The molecule has 1 N–H and O–H groups in total. The van der Waals surface area contributed by atoms with Crippen molar-refractivity contribution in [2.75, 3.05) is 21.3 Å². The Labute approximate surface area is 155 Å². The smallest absolute Gasteiger partial charge is 0.216 e. The lowest BCUT2D eigenvalue weighted by molar-refractivity contribution is 0.349. The lowest BCUT2D eigenvalue weighted by atomic mass is 10.2. The van der Waals surface area contributed by atoms with Crippen LogP contribution < -0.4 is 14.2 Å². The fourth-order valence-corrected chi connectivity index (χ4v) is 2.53. The van der Waals surface area contributed by atoms with Crippen molar-refractivity contribution in [2.24, 2.45) is 5.10 Å². The van der Waals surface area contributed by atoms with Gasteiger partial charge in [-0.1, -0.05) is 0 Å². The Morgan fingerprint density at radius 2 is 1.85 bits per heavy atom. The molecule has 0 aliphatic carbocycles. The number of aromatic nitrogens is 4. The molecule has 0 bridgehead atoms. The fourth-order valence-electron chi connectivity index (χ4n) is 2.35. The highest BCUT2D eigenvalue weighted by Gasteiger charge is 2.12. The highest BCUT2D eigenvalue weighted by atomic mass is 32.1. The molecule has 8 nitrogen and oxygen atoms in total. The Morgan fingerprint density at radius 3 is 2.50 bits per heavy atom. The largest absolute Gasteiger partial charge is 0.496 e. The molecular weight excluding hydrogens is 354 g/mol. The number of nitrogens with zero attached hydrogens (tertiary/aromatic N) is 4. The van der Waals surface area contributed by atoms with Gasteiger partial charge in [-0.3, -0.25) is 4.98 Å². The molecule has 0 amide bonds. The first-order valence-electron chi connectivity index (χ1n) is 7.60. The molecule has 3 aromatic rings. The second-order valence-corrected chi connectivity index (χ2v) is 5.49. The summed E-state index contributed by atoms with van der Waals surface area (Å²) in [5.41, 5.74) is 1.49. The highest BCUT2D eigenvalue weighted by molar-refractivity contribution is 7.71. The Hall–Kier alpha value is -3.20. The lowest BCUT2D eigenvalue weighted by Crippen LogP contribution is -1.99. The summed E-state index contributed by atoms with van der Waals surface area (Å²) < 4.78 is 17.9. The van der Waals surface area contributed by atoms with E-state index < -0.39 is 0 Å². The summed E-state index contributed by atoms with van der Waals surface area (Å²) in [6, 6.07) is 7.20. The van der Waals surface area contributed by atoms with Gasteiger partial charge < -0.3 is 14.2 Å². The van der Waals surface area contributed by atoms with E-state index in [4.69, 9.17) is 26.4 Å². The van der Waals surface area contributed by atoms with Crippen LogP contribution in [0.15, 0.2) is 41.8 Å². The van der Waals surface area contributed by atoms with Crippen LogP contribution in [0.4, 0.5) is 0 Å². The van der Waals surface area contributed by atoms with Crippen LogP contribution in [0.1, 0.15) is 5.56 Å². The Morgan fingerprint density at radius 1 is 1.12 bits per heavy atom. The number of methoxy groups -OCH3 is 3. The van der Waals surface area contributed by atoms with Crippen LogP contribution in [0.2, 0.25) is 0 Å². The molecule has 0 spiro atoms. The van der Waals surface area contributed by atoms with E-state index in [0.717, 1.165) is 5.56 Å². The van der Waals surface area contributed by atoms with Crippen LogP contribution in [0.25, 0.3) is 11.4 Å². The topological polar surface area (TPSA) is 86.5 Å². The van der Waals surface area contributed by atoms with E-state index in [1.807, 2.05) is 12.1 Å². The zero-order chi connectivity index (χ0) is 18.5. The van der Waals surface area contributed by atoms with Crippen molar-refractivity contribution < 1.29 is 14.2 Å². The van der Waals surface area contributed by atoms with Gasteiger partial charge in [0.25, 0.3) is 0 Å². The van der Waals surface area contributed by atoms with Crippen molar-refractivity contribution >= 4 is 18.4 Å². The molecular formula is C17H17N5O3S. The molecule has 0 unspecified atom stereocenters. The van der Waals surface area contributed by atoms with E-state index in [1.54, 1.807) is 52.1 Å². The van der Waals surface area contributed by atoms with Crippen LogP contribution in [-0.2, 0) is 0 Å². The van der Waals surface area contributed by atoms with Crippen LogP contribution in [0.3, 0.4) is 0 Å². The van der Waals surface area contributed by atoms with Crippen molar-refractivity contribution in [3.05, 3.63) is 47.0 Å². The molecule has 26 heavy (non-hydrogen) atoms. The van der Waals surface area contributed by atoms with Gasteiger partial charge >= 0.3 is 0 Å². The van der Waals surface area contributed by atoms with E-state index in [9.17, 15) is 0 Å². The van der Waals surface area contributed by atoms with Crippen LogP contribution in [0, 0.1) is 4.77 Å². The van der Waals surface area contributed by atoms with Crippen molar-refractivity contribution in [3.8, 4) is 28.6 Å². The average Bonchev–Trinajstić information content (AvgIpc) is 3.06. The number of nitrogens with one attached hydrogen (secondary N) is 1. The summed E-state index contributed by atoms with van der Waals surface area (Å²) in [5, 5.41) is 11.4. The third-order valence-corrected chi connectivity index (χ3v) is 3.88. The van der Waals surface area contributed by atoms with Crippen LogP contribution in [-0.4, -0.2) is 47.4 Å². The van der Waals surface area contributed by atoms with Crippen molar-refractivity contribution in [2.45, 2.75) is 0 Å². The van der Waals surface area contributed by atoms with Gasteiger partial charge in [-0.15, -0.1) is 0 Å². The number of ether oxygens (including phenoxy) is 3. The van der Waals surface area contributed by atoms with Gasteiger partial charge in [-0.05, 0) is 30.4 Å². The van der Waals surface area contributed by atoms with Crippen molar-refractivity contribution in [1.29, 1.82) is 0 Å². The molecule has 0 saturated heterocycles. The third-order valence-electron chi connectivity index (χ3n) is 3.62. The molecule has 0 saturated carbocycles. The number of aromatic amines is 1. The fraction of sp³-hybridized carbons (Fsp3) is 0.176. The SMILES string of the molecule is COc1cc(OC)c(OC)cc1/C=N\n1c(-c2cccnc2)n[nH]c1=S. The zero-order valence-electron chi connectivity index (χ0n) is 14.5. The summed E-state index contributed by atoms with van der Waals surface area (Å²) in [6.45, 7) is 0. The number of hydrogen-bond acceptors (Lipinski definition) is 7. The standard InChI is InChI=1S/C17H17N5O3S/c1-23-13-8-15(25-3)14(24-2)7-12(13)10-19-22-16(20-21-17(22)26)11-5-4-6-18-9-11/h4-10H,1-3H3,(H,21,26)/b19-10-. The lowest BCUT2D eigenvalue weighted by Gasteiger charge is -2.11. The number of rotatable bonds is 6. The number of H-pyrrole nitrogens is 1. The quantitative estimate of drug-likeness (QED) is 0.530. The Kier molecular flexibility index (Phi) is 5.28. The Balaban J connectivity index is 2.04. The normalized spacial score (nSPS) is 10.9. The van der Waals surface area contributed by atoms with Gasteiger partial charge in [-0.2, -0.15) is 14.9 Å². The number of pyridine rings is 1. The summed E-state index contributed by atoms with van der Waals surface area (Å²) in [7, 11) is 4.71. The van der Waals surface area contributed by atoms with E-state index in [1.165, 1.54) is 4.68 Å². The first-order valence-corrected chi connectivity index (χ1v) is 8.01. The molecule has 2 aromatic heterocycles. The van der Waals surface area contributed by atoms with Gasteiger partial charge in [0.1, 0.15) is 5.75 Å². The van der Waals surface area contributed by atoms with Gasteiger partial charge in [0, 0.05) is 29.6 Å². The van der Waals surface area contributed by atoms with E-state index in [-0.39, 0.29) is 0 Å². The summed E-state index contributed by atoms with van der Waals surface area (Å²) in [5.74, 6) is 2.28. The first kappa shape index (κ1) is 17.6. The highest BCUT2D eigenvalue weighted by Crippen LogP contribution is 2.33. The molecule has 3 rings (SSSR count). The molecule has 1 aromatic carbocycles. The molecule has 134 valence electrons. The maximum Gasteiger partial charge on any atom is 0.216 e. The summed E-state index contributed by atoms with van der Waals surface area (Å²) >= 11 is 5.27. The minimum Gasteiger partial charge on any atom is -0.496 e. The Bertz CT molecular complexity index is 982. The minimum absolute atomic E-state index is 0.361. The van der Waals surface area contributed by atoms with Gasteiger partial charge in [0.05, 0.1) is 27.5 Å². The number of benzene rings is 1. The maximum absolute atomic E-state index is 5.41. The molecule has 9 heteroatoms. The van der Waals surface area contributed by atoms with E-state index in [2.05, 4.69) is 20.3 Å². The van der Waals surface area contributed by atoms with Crippen molar-refractivity contribution in [3.63, 3.8) is 0 Å². The molecule has 0 aliphatic heterocycles. The maximum atomic E-state index is 5.41. The van der Waals surface area contributed by atoms with Crippen molar-refractivity contribution in [1.82, 2.24) is 19.9 Å². The second-order valence-electron chi connectivity index (χ2n) is 5.10. The van der Waals surface area contributed by atoms with Gasteiger partial charge in [0.2, 0.25) is 4.77 Å². The minimum atomic E-state index is 0.361. The van der Waals surface area contributed by atoms with E-state index in [0.29, 0.717) is 33.4 Å². The monoisotopic (exact) mass is 371 g/mol. The third kappa shape index (κ3) is 3.42. The summed E-state index contributed by atoms with van der Waals surface area (Å²) in [4.78, 5) is 4.10. The molecule has 2 heterocycles. The predicted molar refractivity (Wildman–Crippen MR) is 99.7 cm³/mol.